The maximum absolute atomic E-state index is 11.4. The molecule has 4 nitrogen and oxygen atoms in total. The average Bonchev–Trinajstić information content (AvgIpc) is 1.99. The number of hydrogen-bond donors (Lipinski definition) is 1. The molecular formula is C8H10O4S2. The summed E-state index contributed by atoms with van der Waals surface area (Å²) >= 11 is 5.17. The van der Waals surface area contributed by atoms with Gasteiger partial charge in [-0.1, -0.05) is 0 Å². The van der Waals surface area contributed by atoms with E-state index in [0.29, 0.717) is 4.24 Å². The Morgan fingerprint density at radius 1 is 1.29 bits per heavy atom. The van der Waals surface area contributed by atoms with Crippen LogP contribution in [-0.2, 0) is 19.1 Å². The number of thiol groups is 1. The molecule has 0 radical (unpaired) electrons. The Morgan fingerprint density at radius 2 is 1.71 bits per heavy atom. The van der Waals surface area contributed by atoms with Gasteiger partial charge in [-0.05, 0) is 6.26 Å². The number of ether oxygens (including phenoxy) is 2. The monoisotopic (exact) mass is 234 g/mol. The van der Waals surface area contributed by atoms with Gasteiger partial charge in [0.05, 0.1) is 4.24 Å². The number of thioether (sulfide) groups is 1. The summed E-state index contributed by atoms with van der Waals surface area (Å²) in [5.41, 5.74) is -0.139. The van der Waals surface area contributed by atoms with Crippen LogP contribution in [0.5, 0.6) is 0 Å². The van der Waals surface area contributed by atoms with Crippen molar-refractivity contribution in [2.75, 3.05) is 6.26 Å². The van der Waals surface area contributed by atoms with Gasteiger partial charge in [0.2, 0.25) is 0 Å². The third-order valence-electron chi connectivity index (χ3n) is 1.49. The molecule has 0 aromatic rings. The fraction of sp³-hybridized carbons (Fsp3) is 0.500. The molecule has 1 aliphatic heterocycles. The molecule has 6 heteroatoms. The summed E-state index contributed by atoms with van der Waals surface area (Å²) in [6.07, 6.45) is 1.70. The fourth-order valence-corrected chi connectivity index (χ4v) is 1.48. The van der Waals surface area contributed by atoms with Crippen LogP contribution in [0.1, 0.15) is 13.8 Å². The number of hydrogen-bond acceptors (Lipinski definition) is 6. The maximum atomic E-state index is 11.4. The smallest absolute Gasteiger partial charge is 0.350 e. The highest BCUT2D eigenvalue weighted by Gasteiger charge is 2.40. The molecule has 0 amide bonds. The summed E-state index contributed by atoms with van der Waals surface area (Å²) in [7, 11) is 0. The summed E-state index contributed by atoms with van der Waals surface area (Å²) in [6, 6.07) is 0. The Labute approximate surface area is 91.4 Å². The van der Waals surface area contributed by atoms with Gasteiger partial charge in [0.15, 0.2) is 5.57 Å². The topological polar surface area (TPSA) is 52.6 Å². The van der Waals surface area contributed by atoms with Gasteiger partial charge in [0, 0.05) is 13.8 Å². The van der Waals surface area contributed by atoms with E-state index in [-0.39, 0.29) is 5.57 Å². The third-order valence-corrected chi connectivity index (χ3v) is 2.85. The standard InChI is InChI=1S/C8H10O4S2/c1-8(2)11-5(9)4(6(10)12-8)7(13)14-3/h13H,1-3H3. The summed E-state index contributed by atoms with van der Waals surface area (Å²) < 4.78 is 10.1. The molecule has 0 saturated carbocycles. The van der Waals surface area contributed by atoms with Crippen LogP contribution in [0, 0.1) is 0 Å². The van der Waals surface area contributed by atoms with Gasteiger partial charge in [-0.3, -0.25) is 0 Å². The van der Waals surface area contributed by atoms with Crippen molar-refractivity contribution in [2.45, 2.75) is 19.6 Å². The lowest BCUT2D eigenvalue weighted by atomic mass is 10.2. The van der Waals surface area contributed by atoms with Crippen molar-refractivity contribution in [1.82, 2.24) is 0 Å². The first-order chi connectivity index (χ1) is 6.37. The van der Waals surface area contributed by atoms with Gasteiger partial charge in [0.25, 0.3) is 5.79 Å². The SMILES string of the molecule is CSC(S)=C1C(=O)OC(C)(C)OC1=O. The average molecular weight is 234 g/mol. The molecular weight excluding hydrogens is 224 g/mol. The highest BCUT2D eigenvalue weighted by Crippen LogP contribution is 2.29. The summed E-state index contributed by atoms with van der Waals surface area (Å²) in [4.78, 5) is 22.8. The summed E-state index contributed by atoms with van der Waals surface area (Å²) in [5, 5.41) is 0. The Hall–Kier alpha value is -0.620. The lowest BCUT2D eigenvalue weighted by Crippen LogP contribution is -2.42. The summed E-state index contributed by atoms with van der Waals surface area (Å²) in [6.45, 7) is 2.99. The molecule has 0 aromatic heterocycles. The molecule has 0 aromatic carbocycles. The van der Waals surface area contributed by atoms with E-state index >= 15 is 0 Å². The number of carbonyl (C=O) groups excluding carboxylic acids is 2. The third kappa shape index (κ3) is 2.24. The molecule has 0 bridgehead atoms. The van der Waals surface area contributed by atoms with E-state index in [1.54, 1.807) is 6.26 Å². The second kappa shape index (κ2) is 3.86. The minimum Gasteiger partial charge on any atom is -0.419 e. The highest BCUT2D eigenvalue weighted by molar-refractivity contribution is 8.15. The van der Waals surface area contributed by atoms with Gasteiger partial charge in [0.1, 0.15) is 0 Å². The zero-order valence-corrected chi connectivity index (χ0v) is 9.70. The molecule has 0 N–H and O–H groups in total. The predicted molar refractivity (Wildman–Crippen MR) is 55.8 cm³/mol. The van der Waals surface area contributed by atoms with Crippen molar-refractivity contribution in [2.24, 2.45) is 0 Å². The normalized spacial score (nSPS) is 20.1. The van der Waals surface area contributed by atoms with Crippen LogP contribution >= 0.6 is 24.4 Å². The van der Waals surface area contributed by atoms with Crippen LogP contribution in [0.15, 0.2) is 9.81 Å². The first-order valence-corrected chi connectivity index (χ1v) is 5.48. The number of esters is 2. The van der Waals surface area contributed by atoms with Crippen molar-refractivity contribution >= 4 is 36.3 Å². The molecule has 1 saturated heterocycles. The quantitative estimate of drug-likeness (QED) is 0.321. The minimum atomic E-state index is -1.19. The molecule has 0 spiro atoms. The Kier molecular flexibility index (Phi) is 3.16. The first kappa shape index (κ1) is 11.5. The lowest BCUT2D eigenvalue weighted by molar-refractivity contribution is -0.222. The second-order valence-corrected chi connectivity index (χ2v) is 4.63. The van der Waals surface area contributed by atoms with Gasteiger partial charge < -0.3 is 9.47 Å². The van der Waals surface area contributed by atoms with Crippen molar-refractivity contribution in [3.8, 4) is 0 Å². The summed E-state index contributed by atoms with van der Waals surface area (Å²) in [5.74, 6) is -2.57. The number of cyclic esters (lactones) is 2. The van der Waals surface area contributed by atoms with Gasteiger partial charge in [-0.25, -0.2) is 9.59 Å². The molecule has 1 fully saturated rings. The van der Waals surface area contributed by atoms with Crippen LogP contribution in [0.2, 0.25) is 0 Å². The van der Waals surface area contributed by atoms with E-state index in [4.69, 9.17) is 9.47 Å². The first-order valence-electron chi connectivity index (χ1n) is 3.81. The van der Waals surface area contributed by atoms with Crippen LogP contribution in [0.3, 0.4) is 0 Å². The van der Waals surface area contributed by atoms with E-state index in [1.165, 1.54) is 25.6 Å². The zero-order chi connectivity index (χ0) is 10.9. The van der Waals surface area contributed by atoms with Crippen molar-refractivity contribution in [1.29, 1.82) is 0 Å². The molecule has 0 unspecified atom stereocenters. The predicted octanol–water partition coefficient (Wildman–Crippen LogP) is 1.33. The van der Waals surface area contributed by atoms with E-state index in [9.17, 15) is 9.59 Å². The van der Waals surface area contributed by atoms with Crippen molar-refractivity contribution < 1.29 is 19.1 Å². The van der Waals surface area contributed by atoms with Crippen LogP contribution in [0.4, 0.5) is 0 Å². The van der Waals surface area contributed by atoms with Crippen LogP contribution in [-0.4, -0.2) is 24.0 Å². The van der Waals surface area contributed by atoms with Crippen LogP contribution < -0.4 is 0 Å². The highest BCUT2D eigenvalue weighted by atomic mass is 32.2. The minimum absolute atomic E-state index is 0.139. The van der Waals surface area contributed by atoms with Gasteiger partial charge >= 0.3 is 11.9 Å². The van der Waals surface area contributed by atoms with E-state index < -0.39 is 17.7 Å². The molecule has 0 atom stereocenters. The molecule has 0 aliphatic carbocycles. The molecule has 1 heterocycles. The van der Waals surface area contributed by atoms with E-state index in [2.05, 4.69) is 12.6 Å². The van der Waals surface area contributed by atoms with Gasteiger partial charge in [-0.15, -0.1) is 24.4 Å². The van der Waals surface area contributed by atoms with Crippen molar-refractivity contribution in [3.63, 3.8) is 0 Å². The molecule has 1 aliphatic rings. The van der Waals surface area contributed by atoms with Crippen molar-refractivity contribution in [3.05, 3.63) is 9.81 Å². The lowest BCUT2D eigenvalue weighted by Gasteiger charge is -2.30. The molecule has 78 valence electrons. The maximum Gasteiger partial charge on any atom is 0.350 e. The molecule has 1 rings (SSSR count). The van der Waals surface area contributed by atoms with Crippen LogP contribution in [0.25, 0.3) is 0 Å². The Balaban J connectivity index is 3.04. The Bertz CT molecular complexity index is 297. The van der Waals surface area contributed by atoms with E-state index in [0.717, 1.165) is 0 Å². The number of carbonyl (C=O) groups is 2. The fourth-order valence-electron chi connectivity index (χ4n) is 0.929. The van der Waals surface area contributed by atoms with E-state index in [1.807, 2.05) is 0 Å². The Morgan fingerprint density at radius 3 is 2.07 bits per heavy atom. The van der Waals surface area contributed by atoms with Gasteiger partial charge in [-0.2, -0.15) is 0 Å². The molecule has 14 heavy (non-hydrogen) atoms. The largest absolute Gasteiger partial charge is 0.419 e. The number of rotatable bonds is 1. The second-order valence-electron chi connectivity index (χ2n) is 3.06. The zero-order valence-electron chi connectivity index (χ0n) is 7.99.